The lowest BCUT2D eigenvalue weighted by molar-refractivity contribution is 0.225. The molecule has 18 heavy (non-hydrogen) atoms. The molecule has 0 saturated heterocycles. The molecule has 1 aromatic heterocycles. The second kappa shape index (κ2) is 6.32. The van der Waals surface area contributed by atoms with Crippen LogP contribution in [0.1, 0.15) is 16.3 Å². The summed E-state index contributed by atoms with van der Waals surface area (Å²) in [6.07, 6.45) is 1.65. The third-order valence-corrected chi connectivity index (χ3v) is 4.03. The first-order chi connectivity index (χ1) is 8.67. The third kappa shape index (κ3) is 3.80. The van der Waals surface area contributed by atoms with E-state index in [1.54, 1.807) is 11.3 Å². The molecule has 0 amide bonds. The predicted octanol–water partition coefficient (Wildman–Crippen LogP) is 3.50. The molecule has 1 heterocycles. The van der Waals surface area contributed by atoms with E-state index in [9.17, 15) is 5.11 Å². The molecule has 0 radical (unpaired) electrons. The van der Waals surface area contributed by atoms with E-state index in [1.807, 2.05) is 36.6 Å². The Balaban J connectivity index is 2.01. The molecule has 0 aliphatic rings. The smallest absolute Gasteiger partial charge is 0.0931 e. The number of nitrogens with zero attached hydrogens (tertiary/aromatic N) is 1. The molecule has 0 bridgehead atoms. The minimum Gasteiger partial charge on any atom is -0.396 e. The number of thiazole rings is 1. The van der Waals surface area contributed by atoms with Gasteiger partial charge in [0.15, 0.2) is 0 Å². The normalized spacial score (nSPS) is 12.6. The van der Waals surface area contributed by atoms with Gasteiger partial charge in [-0.2, -0.15) is 0 Å². The number of hydrogen-bond donors (Lipinski definition) is 1. The Morgan fingerprint density at radius 2 is 2.22 bits per heavy atom. The first kappa shape index (κ1) is 13.5. The van der Waals surface area contributed by atoms with Gasteiger partial charge in [0.2, 0.25) is 0 Å². The van der Waals surface area contributed by atoms with Crippen LogP contribution in [0.5, 0.6) is 0 Å². The van der Waals surface area contributed by atoms with Gasteiger partial charge in [-0.25, -0.2) is 4.98 Å². The minimum absolute atomic E-state index is 0.172. The number of benzene rings is 1. The summed E-state index contributed by atoms with van der Waals surface area (Å²) in [4.78, 5) is 4.44. The van der Waals surface area contributed by atoms with Crippen LogP contribution in [-0.4, -0.2) is 16.7 Å². The number of hydrogen-bond acceptors (Lipinski definition) is 3. The molecule has 1 unspecified atom stereocenters. The van der Waals surface area contributed by atoms with Gasteiger partial charge in [-0.15, -0.1) is 11.3 Å². The van der Waals surface area contributed by atoms with Crippen molar-refractivity contribution >= 4 is 22.9 Å². The van der Waals surface area contributed by atoms with Gasteiger partial charge in [-0.1, -0.05) is 23.7 Å². The highest BCUT2D eigenvalue weighted by Gasteiger charge is 2.12. The molecule has 0 spiro atoms. The van der Waals surface area contributed by atoms with E-state index in [-0.39, 0.29) is 12.5 Å². The fourth-order valence-electron chi connectivity index (χ4n) is 1.94. The van der Waals surface area contributed by atoms with Gasteiger partial charge in [0.1, 0.15) is 0 Å². The zero-order valence-corrected chi connectivity index (χ0v) is 11.8. The van der Waals surface area contributed by atoms with Crippen molar-refractivity contribution in [2.45, 2.75) is 19.8 Å². The van der Waals surface area contributed by atoms with Crippen molar-refractivity contribution in [1.82, 2.24) is 4.98 Å². The van der Waals surface area contributed by atoms with E-state index < -0.39 is 0 Å². The second-order valence-corrected chi connectivity index (χ2v) is 5.85. The molecule has 4 heteroatoms. The van der Waals surface area contributed by atoms with E-state index in [4.69, 9.17) is 11.6 Å². The molecule has 1 atom stereocenters. The molecule has 2 nitrogen and oxygen atoms in total. The fourth-order valence-corrected chi connectivity index (χ4v) is 3.04. The van der Waals surface area contributed by atoms with Gasteiger partial charge in [-0.05, 0) is 37.0 Å². The highest BCUT2D eigenvalue weighted by atomic mass is 35.5. The Morgan fingerprint density at radius 1 is 1.39 bits per heavy atom. The molecule has 0 saturated carbocycles. The van der Waals surface area contributed by atoms with Crippen LogP contribution in [0.4, 0.5) is 0 Å². The van der Waals surface area contributed by atoms with Crippen molar-refractivity contribution in [2.75, 3.05) is 6.61 Å². The molecule has 1 N–H and O–H groups in total. The SMILES string of the molecule is Cc1csc(CC(CO)Cc2cccc(Cl)c2)n1. The maximum atomic E-state index is 9.47. The number of aryl methyl sites for hydroxylation is 1. The molecular weight excluding hydrogens is 266 g/mol. The van der Waals surface area contributed by atoms with Crippen molar-refractivity contribution < 1.29 is 5.11 Å². The fraction of sp³-hybridized carbons (Fsp3) is 0.357. The summed E-state index contributed by atoms with van der Waals surface area (Å²) in [5, 5.41) is 13.3. The summed E-state index contributed by atoms with van der Waals surface area (Å²) < 4.78 is 0. The standard InChI is InChI=1S/C14H16ClNOS/c1-10-9-18-14(16-10)7-12(8-17)5-11-3-2-4-13(15)6-11/h2-4,6,9,12,17H,5,7-8H2,1H3. The summed E-state index contributed by atoms with van der Waals surface area (Å²) in [5.74, 6) is 0.203. The van der Waals surface area contributed by atoms with E-state index in [0.717, 1.165) is 34.1 Å². The monoisotopic (exact) mass is 281 g/mol. The predicted molar refractivity (Wildman–Crippen MR) is 76.3 cm³/mol. The largest absolute Gasteiger partial charge is 0.396 e. The van der Waals surface area contributed by atoms with Gasteiger partial charge < -0.3 is 5.11 Å². The number of aliphatic hydroxyl groups excluding tert-OH is 1. The van der Waals surface area contributed by atoms with Gasteiger partial charge in [-0.3, -0.25) is 0 Å². The quantitative estimate of drug-likeness (QED) is 0.910. The van der Waals surface area contributed by atoms with Gasteiger partial charge in [0, 0.05) is 29.1 Å². The summed E-state index contributed by atoms with van der Waals surface area (Å²) in [6, 6.07) is 7.81. The van der Waals surface area contributed by atoms with Crippen molar-refractivity contribution in [3.63, 3.8) is 0 Å². The van der Waals surface area contributed by atoms with Gasteiger partial charge in [0.05, 0.1) is 5.01 Å². The third-order valence-electron chi connectivity index (χ3n) is 2.80. The first-order valence-electron chi connectivity index (χ1n) is 5.93. The number of aliphatic hydroxyl groups is 1. The van der Waals surface area contributed by atoms with Crippen LogP contribution in [0.2, 0.25) is 5.02 Å². The van der Waals surface area contributed by atoms with Crippen molar-refractivity contribution in [1.29, 1.82) is 0 Å². The first-order valence-corrected chi connectivity index (χ1v) is 7.19. The highest BCUT2D eigenvalue weighted by Crippen LogP contribution is 2.19. The van der Waals surface area contributed by atoms with Crippen molar-refractivity contribution in [3.05, 3.63) is 50.9 Å². The molecule has 0 aliphatic carbocycles. The second-order valence-electron chi connectivity index (χ2n) is 4.47. The Hall–Kier alpha value is -0.900. The average molecular weight is 282 g/mol. The number of rotatable bonds is 5. The molecule has 0 aliphatic heterocycles. The van der Waals surface area contributed by atoms with E-state index in [1.165, 1.54) is 0 Å². The lowest BCUT2D eigenvalue weighted by atomic mass is 9.97. The van der Waals surface area contributed by atoms with Crippen LogP contribution >= 0.6 is 22.9 Å². The van der Waals surface area contributed by atoms with Crippen LogP contribution < -0.4 is 0 Å². The average Bonchev–Trinajstić information content (AvgIpc) is 2.74. The Labute approximate surface area is 116 Å². The van der Waals surface area contributed by atoms with Crippen LogP contribution in [0.3, 0.4) is 0 Å². The highest BCUT2D eigenvalue weighted by molar-refractivity contribution is 7.09. The van der Waals surface area contributed by atoms with Crippen LogP contribution in [0.15, 0.2) is 29.6 Å². The van der Waals surface area contributed by atoms with Crippen LogP contribution in [0, 0.1) is 12.8 Å². The van der Waals surface area contributed by atoms with Gasteiger partial charge in [0.25, 0.3) is 0 Å². The maximum absolute atomic E-state index is 9.47. The molecule has 0 fully saturated rings. The van der Waals surface area contributed by atoms with Crippen molar-refractivity contribution in [3.8, 4) is 0 Å². The number of halogens is 1. The molecule has 1 aromatic carbocycles. The number of aromatic nitrogens is 1. The van der Waals surface area contributed by atoms with Crippen molar-refractivity contribution in [2.24, 2.45) is 5.92 Å². The summed E-state index contributed by atoms with van der Waals surface area (Å²) in [7, 11) is 0. The zero-order valence-electron chi connectivity index (χ0n) is 10.3. The lowest BCUT2D eigenvalue weighted by Crippen LogP contribution is -2.12. The van der Waals surface area contributed by atoms with Gasteiger partial charge >= 0.3 is 0 Å². The maximum Gasteiger partial charge on any atom is 0.0931 e. The summed E-state index contributed by atoms with van der Waals surface area (Å²) in [5.41, 5.74) is 2.21. The lowest BCUT2D eigenvalue weighted by Gasteiger charge is -2.12. The van der Waals surface area contributed by atoms with E-state index in [0.29, 0.717) is 0 Å². The Kier molecular flexibility index (Phi) is 4.75. The van der Waals surface area contributed by atoms with E-state index in [2.05, 4.69) is 4.98 Å². The molecule has 2 aromatic rings. The Morgan fingerprint density at radius 3 is 2.83 bits per heavy atom. The zero-order chi connectivity index (χ0) is 13.0. The summed E-state index contributed by atoms with van der Waals surface area (Å²) >= 11 is 7.62. The molecule has 2 rings (SSSR count). The van der Waals surface area contributed by atoms with Crippen LogP contribution in [0.25, 0.3) is 0 Å². The van der Waals surface area contributed by atoms with E-state index >= 15 is 0 Å². The molecular formula is C14H16ClNOS. The minimum atomic E-state index is 0.172. The molecule has 96 valence electrons. The van der Waals surface area contributed by atoms with Crippen LogP contribution in [-0.2, 0) is 12.8 Å². The Bertz CT molecular complexity index is 512. The summed E-state index contributed by atoms with van der Waals surface area (Å²) in [6.45, 7) is 2.16. The topological polar surface area (TPSA) is 33.1 Å².